The summed E-state index contributed by atoms with van der Waals surface area (Å²) >= 11 is 0. The SMILES string of the molecule is CCCCCC/C=C\C=C/CCCCCCCC(=O)OC[C@H](COP(=O)(O)OC[C@@H](O)COP(=O)(O)OC[C@@H](COC(=O)CCCCCCCCCCCCCC)OC(=O)CCCCCCC/C=C\C=C/CCCCCC)OC(=O)CCCCCCCCCCCCCCCCCCC(C)C. The minimum absolute atomic E-state index is 0.0833. The first kappa shape index (κ1) is 98.0. The summed E-state index contributed by atoms with van der Waals surface area (Å²) < 4.78 is 68.7. The van der Waals surface area contributed by atoms with E-state index in [1.165, 1.54) is 180 Å². The molecule has 0 amide bonds. The molecule has 0 fully saturated rings. The van der Waals surface area contributed by atoms with Crippen LogP contribution < -0.4 is 0 Å². The highest BCUT2D eigenvalue weighted by molar-refractivity contribution is 7.47. The highest BCUT2D eigenvalue weighted by Gasteiger charge is 2.30. The number of unbranched alkanes of at least 4 members (excludes halogenated alkanes) is 44. The molecule has 0 aliphatic heterocycles. The van der Waals surface area contributed by atoms with Crippen molar-refractivity contribution in [2.75, 3.05) is 39.6 Å². The Morgan fingerprint density at radius 1 is 0.307 bits per heavy atom. The molecule has 0 saturated heterocycles. The van der Waals surface area contributed by atoms with Crippen LogP contribution in [0.15, 0.2) is 48.6 Å². The van der Waals surface area contributed by atoms with E-state index in [2.05, 4.69) is 83.2 Å². The van der Waals surface area contributed by atoms with Crippen molar-refractivity contribution in [3.8, 4) is 0 Å². The summed E-state index contributed by atoms with van der Waals surface area (Å²) in [5.74, 6) is -1.36. The van der Waals surface area contributed by atoms with E-state index in [1.54, 1.807) is 0 Å². The van der Waals surface area contributed by atoms with E-state index in [0.717, 1.165) is 128 Å². The van der Waals surface area contributed by atoms with Crippen molar-refractivity contribution in [2.24, 2.45) is 5.92 Å². The number of allylic oxidation sites excluding steroid dienone is 8. The summed E-state index contributed by atoms with van der Waals surface area (Å²) in [4.78, 5) is 73.0. The summed E-state index contributed by atoms with van der Waals surface area (Å²) in [5, 5.41) is 10.6. The van der Waals surface area contributed by atoms with Gasteiger partial charge in [-0.2, -0.15) is 0 Å². The van der Waals surface area contributed by atoms with Gasteiger partial charge in [0.25, 0.3) is 0 Å². The van der Waals surface area contributed by atoms with Gasteiger partial charge < -0.3 is 33.8 Å². The van der Waals surface area contributed by atoms with Crippen LogP contribution in [0.5, 0.6) is 0 Å². The van der Waals surface area contributed by atoms with Crippen molar-refractivity contribution in [1.82, 2.24) is 0 Å². The van der Waals surface area contributed by atoms with Crippen LogP contribution >= 0.6 is 15.6 Å². The average Bonchev–Trinajstić information content (AvgIpc) is 0.948. The van der Waals surface area contributed by atoms with Gasteiger partial charge in [-0.05, 0) is 83.0 Å². The molecule has 0 aromatic heterocycles. The van der Waals surface area contributed by atoms with Gasteiger partial charge in [0.05, 0.1) is 26.4 Å². The molecule has 0 spiro atoms. The number of phosphoric ester groups is 2. The minimum Gasteiger partial charge on any atom is -0.462 e. The number of ether oxygens (including phenoxy) is 4. The van der Waals surface area contributed by atoms with Gasteiger partial charge in [-0.1, -0.05) is 334 Å². The molecule has 0 heterocycles. The molecule has 0 aromatic rings. The molecular formula is C82H152O17P2. The Bertz CT molecular complexity index is 2120. The monoisotopic (exact) mass is 1470 g/mol. The van der Waals surface area contributed by atoms with Crippen LogP contribution in [0.2, 0.25) is 0 Å². The second-order valence-corrected chi connectivity index (χ2v) is 31.5. The van der Waals surface area contributed by atoms with Crippen LogP contribution in [0, 0.1) is 5.92 Å². The van der Waals surface area contributed by atoms with E-state index in [1.807, 2.05) is 0 Å². The van der Waals surface area contributed by atoms with Crippen molar-refractivity contribution in [3.63, 3.8) is 0 Å². The largest absolute Gasteiger partial charge is 0.472 e. The zero-order valence-corrected chi connectivity index (χ0v) is 66.8. The van der Waals surface area contributed by atoms with Gasteiger partial charge in [0, 0.05) is 25.7 Å². The molecular weight excluding hydrogens is 1320 g/mol. The van der Waals surface area contributed by atoms with Gasteiger partial charge in [-0.3, -0.25) is 37.3 Å². The molecule has 0 bridgehead atoms. The van der Waals surface area contributed by atoms with E-state index < -0.39 is 97.5 Å². The van der Waals surface area contributed by atoms with Crippen LogP contribution in [0.1, 0.15) is 388 Å². The van der Waals surface area contributed by atoms with E-state index in [4.69, 9.17) is 37.0 Å². The summed E-state index contributed by atoms with van der Waals surface area (Å²) in [7, 11) is -9.94. The number of aliphatic hydroxyl groups excluding tert-OH is 1. The molecule has 101 heavy (non-hydrogen) atoms. The van der Waals surface area contributed by atoms with E-state index in [9.17, 15) is 43.2 Å². The lowest BCUT2D eigenvalue weighted by Gasteiger charge is -2.21. The van der Waals surface area contributed by atoms with Gasteiger partial charge in [-0.15, -0.1) is 0 Å². The molecule has 5 atom stereocenters. The Kier molecular flexibility index (Phi) is 71.7. The van der Waals surface area contributed by atoms with Gasteiger partial charge in [-0.25, -0.2) is 9.13 Å². The molecule has 19 heteroatoms. The van der Waals surface area contributed by atoms with Crippen LogP contribution in [0.3, 0.4) is 0 Å². The third kappa shape index (κ3) is 75.1. The number of aliphatic hydroxyl groups is 1. The lowest BCUT2D eigenvalue weighted by molar-refractivity contribution is -0.161. The fourth-order valence-corrected chi connectivity index (χ4v) is 13.3. The maximum Gasteiger partial charge on any atom is 0.472 e. The molecule has 2 unspecified atom stereocenters. The Hall–Kier alpha value is -2.98. The molecule has 592 valence electrons. The Balaban J connectivity index is 5.32. The zero-order valence-electron chi connectivity index (χ0n) is 65.0. The number of carbonyl (C=O) groups is 4. The van der Waals surface area contributed by atoms with Gasteiger partial charge >= 0.3 is 39.5 Å². The molecule has 0 rings (SSSR count). The standard InChI is InChI=1S/C82H152O17P2/c1-6-9-12-15-18-21-24-27-31-36-41-46-51-56-61-66-80(85)93-72-78(99-82(87)68-63-58-53-48-43-38-34-30-29-33-35-39-44-49-54-59-64-75(4)5)74-97-101(90,91)95-70-76(83)69-94-100(88,89)96-73-77(71-92-79(84)65-60-55-50-45-40-26-23-20-17-14-11-8-3)98-81(86)67-62-57-52-47-42-37-32-28-25-22-19-16-13-10-7-2/h21-22,24-25,27-28,31-32,75-78,83H,6-20,23,26,29-30,33-74H2,1-5H3,(H,88,89)(H,90,91)/b24-21-,25-22-,31-27-,32-28-/t76-,77+,78+/m0/s1. The first-order valence-electron chi connectivity index (χ1n) is 41.3. The lowest BCUT2D eigenvalue weighted by Crippen LogP contribution is -2.30. The highest BCUT2D eigenvalue weighted by atomic mass is 31.2. The Labute approximate surface area is 617 Å². The van der Waals surface area contributed by atoms with Gasteiger partial charge in [0.2, 0.25) is 0 Å². The smallest absolute Gasteiger partial charge is 0.462 e. The minimum atomic E-state index is -4.97. The molecule has 0 aromatic carbocycles. The first-order chi connectivity index (χ1) is 49.0. The van der Waals surface area contributed by atoms with Crippen LogP contribution in [-0.4, -0.2) is 96.7 Å². The normalized spacial score (nSPS) is 14.1. The number of hydrogen-bond acceptors (Lipinski definition) is 15. The van der Waals surface area contributed by atoms with Gasteiger partial charge in [0.15, 0.2) is 12.2 Å². The predicted molar refractivity (Wildman–Crippen MR) is 413 cm³/mol. The molecule has 0 saturated carbocycles. The number of phosphoric acid groups is 2. The van der Waals surface area contributed by atoms with Crippen LogP contribution in [0.25, 0.3) is 0 Å². The Morgan fingerprint density at radius 2 is 0.535 bits per heavy atom. The second kappa shape index (κ2) is 73.9. The summed E-state index contributed by atoms with van der Waals surface area (Å²) in [6.45, 7) is 7.23. The summed E-state index contributed by atoms with van der Waals surface area (Å²) in [6, 6.07) is 0. The fourth-order valence-electron chi connectivity index (χ4n) is 11.7. The fraction of sp³-hybridized carbons (Fsp3) is 0.854. The van der Waals surface area contributed by atoms with Crippen molar-refractivity contribution < 1.29 is 80.2 Å². The first-order valence-corrected chi connectivity index (χ1v) is 44.3. The number of carbonyl (C=O) groups excluding carboxylic acids is 4. The predicted octanol–water partition coefficient (Wildman–Crippen LogP) is 23.9. The van der Waals surface area contributed by atoms with Crippen molar-refractivity contribution in [3.05, 3.63) is 48.6 Å². The molecule has 17 nitrogen and oxygen atoms in total. The summed E-state index contributed by atoms with van der Waals surface area (Å²) in [6.07, 6.45) is 70.9. The molecule has 0 aliphatic rings. The number of rotatable bonds is 78. The summed E-state index contributed by atoms with van der Waals surface area (Å²) in [5.41, 5.74) is 0. The topological polar surface area (TPSA) is 237 Å². The van der Waals surface area contributed by atoms with Crippen molar-refractivity contribution in [2.45, 2.75) is 406 Å². The maximum absolute atomic E-state index is 13.1. The average molecular weight is 1470 g/mol. The maximum atomic E-state index is 13.1. The quantitative estimate of drug-likeness (QED) is 0.0169. The van der Waals surface area contributed by atoms with Crippen molar-refractivity contribution in [1.29, 1.82) is 0 Å². The number of esters is 4. The molecule has 0 aliphatic carbocycles. The highest BCUT2D eigenvalue weighted by Crippen LogP contribution is 2.45. The Morgan fingerprint density at radius 3 is 0.812 bits per heavy atom. The van der Waals surface area contributed by atoms with E-state index >= 15 is 0 Å². The van der Waals surface area contributed by atoms with E-state index in [-0.39, 0.29) is 25.7 Å². The van der Waals surface area contributed by atoms with Crippen LogP contribution in [-0.2, 0) is 65.4 Å². The van der Waals surface area contributed by atoms with Crippen LogP contribution in [0.4, 0.5) is 0 Å². The third-order valence-electron chi connectivity index (χ3n) is 18.0. The lowest BCUT2D eigenvalue weighted by atomic mass is 10.0. The van der Waals surface area contributed by atoms with Gasteiger partial charge in [0.1, 0.15) is 19.3 Å². The van der Waals surface area contributed by atoms with Crippen molar-refractivity contribution >= 4 is 39.5 Å². The molecule has 3 N–H and O–H groups in total. The molecule has 0 radical (unpaired) electrons. The zero-order chi connectivity index (χ0) is 74.1. The number of hydrogen-bond donors (Lipinski definition) is 3. The van der Waals surface area contributed by atoms with E-state index in [0.29, 0.717) is 25.7 Å². The second-order valence-electron chi connectivity index (χ2n) is 28.6. The third-order valence-corrected chi connectivity index (χ3v) is 19.9.